The van der Waals surface area contributed by atoms with E-state index in [1.165, 1.54) is 0 Å². The molecule has 0 saturated carbocycles. The van der Waals surface area contributed by atoms with E-state index in [0.717, 1.165) is 12.1 Å². The normalized spacial score (nSPS) is 12.9. The average molecular weight is 281 g/mol. The van der Waals surface area contributed by atoms with Gasteiger partial charge in [0.2, 0.25) is 0 Å². The Morgan fingerprint density at radius 2 is 2.10 bits per heavy atom. The molecule has 0 amide bonds. The molecule has 1 aromatic rings. The fourth-order valence-corrected chi connectivity index (χ4v) is 1.90. The molecule has 0 fully saturated rings. The van der Waals surface area contributed by atoms with E-state index in [0.29, 0.717) is 25.7 Å². The molecule has 0 bridgehead atoms. The van der Waals surface area contributed by atoms with E-state index in [-0.39, 0.29) is 12.0 Å². The predicted molar refractivity (Wildman–Crippen MR) is 79.4 cm³/mol. The summed E-state index contributed by atoms with van der Waals surface area (Å²) in [5.41, 5.74) is 0.989. The van der Waals surface area contributed by atoms with E-state index in [9.17, 15) is 4.79 Å². The molecule has 1 aromatic heterocycles. The first-order valence-electron chi connectivity index (χ1n) is 7.41. The van der Waals surface area contributed by atoms with Crippen LogP contribution in [0.3, 0.4) is 0 Å². The Morgan fingerprint density at radius 3 is 2.65 bits per heavy atom. The zero-order valence-corrected chi connectivity index (χ0v) is 13.3. The number of aromatic nitrogens is 2. The van der Waals surface area contributed by atoms with Crippen molar-refractivity contribution >= 4 is 5.97 Å². The van der Waals surface area contributed by atoms with Crippen molar-refractivity contribution in [2.75, 3.05) is 13.2 Å². The lowest BCUT2D eigenvalue weighted by Crippen LogP contribution is -2.36. The summed E-state index contributed by atoms with van der Waals surface area (Å²) in [6.45, 7) is 11.7. The molecule has 0 aliphatic rings. The van der Waals surface area contributed by atoms with Crippen molar-refractivity contribution in [2.45, 2.75) is 59.7 Å². The summed E-state index contributed by atoms with van der Waals surface area (Å²) in [7, 11) is 0. The summed E-state index contributed by atoms with van der Waals surface area (Å²) < 4.78 is 7.00. The minimum absolute atomic E-state index is 0.178. The van der Waals surface area contributed by atoms with Crippen molar-refractivity contribution in [3.05, 3.63) is 18.0 Å². The van der Waals surface area contributed by atoms with Crippen LogP contribution in [0.25, 0.3) is 0 Å². The molecule has 1 rings (SSSR count). The van der Waals surface area contributed by atoms with Crippen molar-refractivity contribution in [2.24, 2.45) is 0 Å². The Bertz CT molecular complexity index is 415. The van der Waals surface area contributed by atoms with Crippen LogP contribution in [0.15, 0.2) is 12.3 Å². The van der Waals surface area contributed by atoms with Gasteiger partial charge >= 0.3 is 5.97 Å². The molecule has 0 saturated heterocycles. The van der Waals surface area contributed by atoms with Gasteiger partial charge in [0.05, 0.1) is 18.8 Å². The first kappa shape index (κ1) is 16.7. The first-order valence-corrected chi connectivity index (χ1v) is 7.41. The molecule has 20 heavy (non-hydrogen) atoms. The molecule has 5 nitrogen and oxygen atoms in total. The molecule has 1 unspecified atom stereocenters. The number of ether oxygens (including phenoxy) is 1. The molecule has 0 aliphatic heterocycles. The zero-order valence-electron chi connectivity index (χ0n) is 13.3. The number of esters is 1. The average Bonchev–Trinajstić information content (AvgIpc) is 2.85. The molecule has 0 aromatic carbocycles. The van der Waals surface area contributed by atoms with Gasteiger partial charge in [-0.1, -0.05) is 6.92 Å². The van der Waals surface area contributed by atoms with E-state index in [1.54, 1.807) is 0 Å². The predicted octanol–water partition coefficient (Wildman–Crippen LogP) is 2.63. The minimum Gasteiger partial charge on any atom is -0.465 e. The third kappa shape index (κ3) is 4.96. The summed E-state index contributed by atoms with van der Waals surface area (Å²) in [5.74, 6) is -0.178. The van der Waals surface area contributed by atoms with Gasteiger partial charge in [0.25, 0.3) is 0 Å². The fourth-order valence-electron chi connectivity index (χ4n) is 1.90. The third-order valence-electron chi connectivity index (χ3n) is 3.44. The molecule has 5 heteroatoms. The molecular formula is C15H27N3O2. The summed E-state index contributed by atoms with van der Waals surface area (Å²) in [6.07, 6.45) is 3.06. The summed E-state index contributed by atoms with van der Waals surface area (Å²) in [5, 5.41) is 4.58. The van der Waals surface area contributed by atoms with Crippen LogP contribution in [0.4, 0.5) is 0 Å². The van der Waals surface area contributed by atoms with Gasteiger partial charge in [-0.2, -0.15) is 5.10 Å². The van der Waals surface area contributed by atoms with Crippen LogP contribution < -0.4 is 0 Å². The van der Waals surface area contributed by atoms with Crippen LogP contribution >= 0.6 is 0 Å². The highest BCUT2D eigenvalue weighted by Crippen LogP contribution is 2.12. The molecule has 0 radical (unpaired) electrons. The summed E-state index contributed by atoms with van der Waals surface area (Å²) >= 11 is 0. The molecule has 0 spiro atoms. The number of hydrogen-bond acceptors (Lipinski definition) is 4. The monoisotopic (exact) mass is 281 g/mol. The number of carbonyl (C=O) groups is 1. The van der Waals surface area contributed by atoms with E-state index in [2.05, 4.69) is 37.7 Å². The van der Waals surface area contributed by atoms with Gasteiger partial charge in [-0.25, -0.2) is 0 Å². The van der Waals surface area contributed by atoms with Crippen molar-refractivity contribution in [3.8, 4) is 0 Å². The molecule has 1 heterocycles. The molecular weight excluding hydrogens is 254 g/mol. The molecule has 0 N–H and O–H groups in total. The summed E-state index contributed by atoms with van der Waals surface area (Å²) in [4.78, 5) is 13.7. The minimum atomic E-state index is -0.178. The van der Waals surface area contributed by atoms with E-state index in [1.807, 2.05) is 23.9 Å². The second kappa shape index (κ2) is 8.04. The van der Waals surface area contributed by atoms with Crippen molar-refractivity contribution < 1.29 is 9.53 Å². The highest BCUT2D eigenvalue weighted by Gasteiger charge is 2.16. The van der Waals surface area contributed by atoms with Gasteiger partial charge in [-0.05, 0) is 40.2 Å². The van der Waals surface area contributed by atoms with Gasteiger partial charge in [-0.15, -0.1) is 0 Å². The van der Waals surface area contributed by atoms with Gasteiger partial charge in [0.15, 0.2) is 0 Å². The Hall–Kier alpha value is -1.36. The number of rotatable bonds is 8. The van der Waals surface area contributed by atoms with E-state index >= 15 is 0 Å². The molecule has 114 valence electrons. The quantitative estimate of drug-likeness (QED) is 0.687. The maximum absolute atomic E-state index is 11.6. The van der Waals surface area contributed by atoms with Crippen LogP contribution in [0.5, 0.6) is 0 Å². The Morgan fingerprint density at radius 1 is 1.40 bits per heavy atom. The number of nitrogens with zero attached hydrogens (tertiary/aromatic N) is 3. The lowest BCUT2D eigenvalue weighted by atomic mass is 10.3. The van der Waals surface area contributed by atoms with Gasteiger partial charge in [-0.3, -0.25) is 14.4 Å². The molecule has 1 atom stereocenters. The maximum atomic E-state index is 11.6. The standard InChI is InChI=1S/C15H27N3O2/c1-6-13(5)18-9-8-14(16-18)10-17(12(3)4)11-15(19)20-7-2/h8-9,12-13H,6-7,10-11H2,1-5H3. The second-order valence-corrected chi connectivity index (χ2v) is 5.35. The first-order chi connectivity index (χ1) is 9.47. The largest absolute Gasteiger partial charge is 0.465 e. The second-order valence-electron chi connectivity index (χ2n) is 5.35. The highest BCUT2D eigenvalue weighted by atomic mass is 16.5. The van der Waals surface area contributed by atoms with E-state index < -0.39 is 0 Å². The van der Waals surface area contributed by atoms with Gasteiger partial charge in [0.1, 0.15) is 0 Å². The third-order valence-corrected chi connectivity index (χ3v) is 3.44. The van der Waals surface area contributed by atoms with Crippen LogP contribution in [-0.4, -0.2) is 39.8 Å². The van der Waals surface area contributed by atoms with Crippen LogP contribution in [0.2, 0.25) is 0 Å². The molecule has 0 aliphatic carbocycles. The number of hydrogen-bond donors (Lipinski definition) is 0. The summed E-state index contributed by atoms with van der Waals surface area (Å²) in [6, 6.07) is 2.70. The van der Waals surface area contributed by atoms with Crippen LogP contribution in [-0.2, 0) is 16.1 Å². The fraction of sp³-hybridized carbons (Fsp3) is 0.733. The maximum Gasteiger partial charge on any atom is 0.320 e. The van der Waals surface area contributed by atoms with Gasteiger partial charge in [0, 0.05) is 24.8 Å². The van der Waals surface area contributed by atoms with Crippen LogP contribution in [0.1, 0.15) is 52.8 Å². The Kier molecular flexibility index (Phi) is 6.71. The van der Waals surface area contributed by atoms with Gasteiger partial charge < -0.3 is 4.74 Å². The smallest absolute Gasteiger partial charge is 0.320 e. The number of carbonyl (C=O) groups excluding carboxylic acids is 1. The Labute approximate surface area is 121 Å². The lowest BCUT2D eigenvalue weighted by Gasteiger charge is -2.24. The topological polar surface area (TPSA) is 47.4 Å². The zero-order chi connectivity index (χ0) is 15.1. The lowest BCUT2D eigenvalue weighted by molar-refractivity contribution is -0.145. The SMILES string of the molecule is CCOC(=O)CN(Cc1ccn(C(C)CC)n1)C(C)C. The van der Waals surface area contributed by atoms with Crippen molar-refractivity contribution in [1.29, 1.82) is 0 Å². The highest BCUT2D eigenvalue weighted by molar-refractivity contribution is 5.71. The van der Waals surface area contributed by atoms with Crippen molar-refractivity contribution in [1.82, 2.24) is 14.7 Å². The van der Waals surface area contributed by atoms with E-state index in [4.69, 9.17) is 4.74 Å². The van der Waals surface area contributed by atoms with Crippen molar-refractivity contribution in [3.63, 3.8) is 0 Å². The van der Waals surface area contributed by atoms with Crippen LogP contribution in [0, 0.1) is 0 Å². The Balaban J connectivity index is 2.66.